The number of nitrogens with zero attached hydrogens (tertiary/aromatic N) is 2. The molecule has 31 heavy (non-hydrogen) atoms. The van der Waals surface area contributed by atoms with Crippen molar-refractivity contribution in [2.75, 3.05) is 31.9 Å². The van der Waals surface area contributed by atoms with Crippen LogP contribution in [0, 0.1) is 0 Å². The summed E-state index contributed by atoms with van der Waals surface area (Å²) < 4.78 is 12.0. The number of hydrogen-bond acceptors (Lipinski definition) is 7. The first kappa shape index (κ1) is 21.9. The van der Waals surface area contributed by atoms with E-state index in [0.717, 1.165) is 35.2 Å². The number of carbonyl (C=O) groups is 1. The fraction of sp³-hybridized carbons (Fsp3) is 0.409. The van der Waals surface area contributed by atoms with Crippen LogP contribution in [0.5, 0.6) is 5.75 Å². The standard InChI is InChI=1S/C22H25N3O4S2/c1-28-12-4-11-25-21(27)19-16-5-3-6-17(16)31-20(19)24-22(25)30-13-18(26)23-14-7-9-15(29-2)10-8-14/h7-10H,3-6,11-13H2,1-2H3,(H,23,26). The first-order valence-electron chi connectivity index (χ1n) is 10.2. The largest absolute Gasteiger partial charge is 0.497 e. The van der Waals surface area contributed by atoms with Crippen LogP contribution in [0.15, 0.2) is 34.2 Å². The Bertz CT molecular complexity index is 1140. The number of hydrogen-bond donors (Lipinski definition) is 1. The highest BCUT2D eigenvalue weighted by Crippen LogP contribution is 2.35. The van der Waals surface area contributed by atoms with Gasteiger partial charge in [0.25, 0.3) is 5.56 Å². The molecule has 1 aliphatic rings. The molecule has 1 aliphatic carbocycles. The number of aryl methyl sites for hydroxylation is 2. The number of nitrogens with one attached hydrogen (secondary N) is 1. The second kappa shape index (κ2) is 9.84. The average molecular weight is 460 g/mol. The van der Waals surface area contributed by atoms with Crippen molar-refractivity contribution in [2.45, 2.75) is 37.4 Å². The molecule has 0 aliphatic heterocycles. The Morgan fingerprint density at radius 2 is 2.06 bits per heavy atom. The molecule has 9 heteroatoms. The van der Waals surface area contributed by atoms with Gasteiger partial charge in [-0.05, 0) is 55.5 Å². The maximum absolute atomic E-state index is 13.3. The van der Waals surface area contributed by atoms with Crippen LogP contribution in [0.2, 0.25) is 0 Å². The fourth-order valence-corrected chi connectivity index (χ4v) is 5.86. The van der Waals surface area contributed by atoms with Gasteiger partial charge in [-0.2, -0.15) is 0 Å². The summed E-state index contributed by atoms with van der Waals surface area (Å²) in [5, 5.41) is 4.22. The molecule has 4 rings (SSSR count). The molecule has 0 bridgehead atoms. The van der Waals surface area contributed by atoms with Crippen molar-refractivity contribution in [3.8, 4) is 5.75 Å². The molecule has 7 nitrogen and oxygen atoms in total. The van der Waals surface area contributed by atoms with Crippen molar-refractivity contribution in [2.24, 2.45) is 0 Å². The van der Waals surface area contributed by atoms with E-state index in [0.29, 0.717) is 30.4 Å². The van der Waals surface area contributed by atoms with Crippen LogP contribution in [-0.2, 0) is 28.9 Å². The third-order valence-electron chi connectivity index (χ3n) is 5.23. The quantitative estimate of drug-likeness (QED) is 0.298. The van der Waals surface area contributed by atoms with Gasteiger partial charge in [0.1, 0.15) is 10.6 Å². The van der Waals surface area contributed by atoms with E-state index in [-0.39, 0.29) is 17.2 Å². The molecule has 0 radical (unpaired) electrons. The van der Waals surface area contributed by atoms with Crippen LogP contribution in [0.4, 0.5) is 5.69 Å². The van der Waals surface area contributed by atoms with E-state index >= 15 is 0 Å². The number of thiophene rings is 1. The first-order valence-corrected chi connectivity index (χ1v) is 12.0. The Morgan fingerprint density at radius 3 is 2.81 bits per heavy atom. The molecule has 2 aromatic heterocycles. The minimum Gasteiger partial charge on any atom is -0.497 e. The maximum Gasteiger partial charge on any atom is 0.263 e. The topological polar surface area (TPSA) is 82.4 Å². The van der Waals surface area contributed by atoms with Gasteiger partial charge in [0.05, 0.1) is 18.2 Å². The van der Waals surface area contributed by atoms with Crippen molar-refractivity contribution < 1.29 is 14.3 Å². The summed E-state index contributed by atoms with van der Waals surface area (Å²) >= 11 is 2.91. The zero-order valence-electron chi connectivity index (χ0n) is 17.6. The number of ether oxygens (including phenoxy) is 2. The summed E-state index contributed by atoms with van der Waals surface area (Å²) in [6.45, 7) is 1.08. The van der Waals surface area contributed by atoms with Crippen LogP contribution < -0.4 is 15.6 Å². The Labute approximate surface area is 188 Å². The molecule has 3 aromatic rings. The van der Waals surface area contributed by atoms with Gasteiger partial charge < -0.3 is 14.8 Å². The van der Waals surface area contributed by atoms with E-state index < -0.39 is 0 Å². The molecule has 0 spiro atoms. The third-order valence-corrected chi connectivity index (χ3v) is 7.39. The van der Waals surface area contributed by atoms with Gasteiger partial charge in [0.2, 0.25) is 5.91 Å². The number of carbonyl (C=O) groups excluding carboxylic acids is 1. The van der Waals surface area contributed by atoms with Crippen LogP contribution >= 0.6 is 23.1 Å². The van der Waals surface area contributed by atoms with Crippen molar-refractivity contribution in [1.82, 2.24) is 9.55 Å². The van der Waals surface area contributed by atoms with Gasteiger partial charge in [-0.25, -0.2) is 4.98 Å². The molecule has 2 heterocycles. The van der Waals surface area contributed by atoms with E-state index in [1.807, 2.05) is 0 Å². The van der Waals surface area contributed by atoms with E-state index in [1.165, 1.54) is 22.2 Å². The van der Waals surface area contributed by atoms with Gasteiger partial charge >= 0.3 is 0 Å². The zero-order valence-corrected chi connectivity index (χ0v) is 19.2. The zero-order chi connectivity index (χ0) is 21.8. The van der Waals surface area contributed by atoms with Gasteiger partial charge in [-0.3, -0.25) is 14.2 Å². The number of aromatic nitrogens is 2. The molecular formula is C22H25N3O4S2. The SMILES string of the molecule is COCCCn1c(SCC(=O)Nc2ccc(OC)cc2)nc2sc3c(c2c1=O)CCC3. The normalized spacial score (nSPS) is 12.8. The Hall–Kier alpha value is -2.36. The molecule has 0 atom stereocenters. The van der Waals surface area contributed by atoms with Crippen molar-refractivity contribution in [3.05, 3.63) is 45.1 Å². The second-order valence-electron chi connectivity index (χ2n) is 7.30. The summed E-state index contributed by atoms with van der Waals surface area (Å²) in [6, 6.07) is 7.17. The fourth-order valence-electron chi connectivity index (χ4n) is 3.73. The maximum atomic E-state index is 13.3. The summed E-state index contributed by atoms with van der Waals surface area (Å²) in [5.41, 5.74) is 1.87. The predicted molar refractivity (Wildman–Crippen MR) is 125 cm³/mol. The lowest BCUT2D eigenvalue weighted by molar-refractivity contribution is -0.113. The number of fused-ring (bicyclic) bond motifs is 3. The van der Waals surface area contributed by atoms with E-state index in [4.69, 9.17) is 14.5 Å². The van der Waals surface area contributed by atoms with Gasteiger partial charge in [0, 0.05) is 30.8 Å². The van der Waals surface area contributed by atoms with Crippen LogP contribution in [0.25, 0.3) is 10.2 Å². The summed E-state index contributed by atoms with van der Waals surface area (Å²) in [5.74, 6) is 0.744. The van der Waals surface area contributed by atoms with Crippen molar-refractivity contribution in [3.63, 3.8) is 0 Å². The first-order chi connectivity index (χ1) is 15.1. The van der Waals surface area contributed by atoms with Crippen LogP contribution in [0.1, 0.15) is 23.3 Å². The number of methoxy groups -OCH3 is 2. The average Bonchev–Trinajstić information content (AvgIpc) is 3.35. The third kappa shape index (κ3) is 4.78. The summed E-state index contributed by atoms with van der Waals surface area (Å²) in [6.07, 6.45) is 3.77. The van der Waals surface area contributed by atoms with Gasteiger partial charge in [-0.1, -0.05) is 11.8 Å². The van der Waals surface area contributed by atoms with Crippen molar-refractivity contribution in [1.29, 1.82) is 0 Å². The van der Waals surface area contributed by atoms with E-state index in [9.17, 15) is 9.59 Å². The van der Waals surface area contributed by atoms with Crippen molar-refractivity contribution >= 4 is 44.9 Å². The molecule has 0 saturated heterocycles. The molecule has 0 saturated carbocycles. The molecule has 1 aromatic carbocycles. The molecular weight excluding hydrogens is 434 g/mol. The molecule has 0 fully saturated rings. The lowest BCUT2D eigenvalue weighted by Gasteiger charge is -2.12. The minimum atomic E-state index is -0.151. The van der Waals surface area contributed by atoms with Crippen LogP contribution in [-0.4, -0.2) is 42.0 Å². The Balaban J connectivity index is 1.54. The number of anilines is 1. The summed E-state index contributed by atoms with van der Waals surface area (Å²) in [7, 11) is 3.25. The number of thioether (sulfide) groups is 1. The molecule has 164 valence electrons. The molecule has 1 N–H and O–H groups in total. The highest BCUT2D eigenvalue weighted by Gasteiger charge is 2.23. The minimum absolute atomic E-state index is 0.00133. The molecule has 0 unspecified atom stereocenters. The van der Waals surface area contributed by atoms with Crippen LogP contribution in [0.3, 0.4) is 0 Å². The highest BCUT2D eigenvalue weighted by atomic mass is 32.2. The lowest BCUT2D eigenvalue weighted by Crippen LogP contribution is -2.25. The Kier molecular flexibility index (Phi) is 6.94. The number of rotatable bonds is 9. The van der Waals surface area contributed by atoms with E-state index in [2.05, 4.69) is 5.32 Å². The number of amides is 1. The highest BCUT2D eigenvalue weighted by molar-refractivity contribution is 7.99. The smallest absolute Gasteiger partial charge is 0.263 e. The van der Waals surface area contributed by atoms with E-state index in [1.54, 1.807) is 54.4 Å². The summed E-state index contributed by atoms with van der Waals surface area (Å²) in [4.78, 5) is 32.7. The lowest BCUT2D eigenvalue weighted by atomic mass is 10.2. The predicted octanol–water partition coefficient (Wildman–Crippen LogP) is 3.72. The monoisotopic (exact) mass is 459 g/mol. The number of benzene rings is 1. The second-order valence-corrected chi connectivity index (χ2v) is 9.33. The van der Waals surface area contributed by atoms with Gasteiger partial charge in [0.15, 0.2) is 5.16 Å². The molecule has 1 amide bonds. The van der Waals surface area contributed by atoms with Gasteiger partial charge in [-0.15, -0.1) is 11.3 Å². The Morgan fingerprint density at radius 1 is 1.26 bits per heavy atom.